The van der Waals surface area contributed by atoms with E-state index in [0.717, 1.165) is 42.9 Å². The summed E-state index contributed by atoms with van der Waals surface area (Å²) in [5.41, 5.74) is 4.91. The molecule has 5 heteroatoms. The van der Waals surface area contributed by atoms with Crippen molar-refractivity contribution in [3.63, 3.8) is 0 Å². The molecule has 3 atom stereocenters. The van der Waals surface area contributed by atoms with Crippen molar-refractivity contribution in [1.29, 1.82) is 0 Å². The van der Waals surface area contributed by atoms with Gasteiger partial charge < -0.3 is 9.72 Å². The summed E-state index contributed by atoms with van der Waals surface area (Å²) in [6, 6.07) is 5.49. The molecule has 0 aliphatic carbocycles. The average Bonchev–Trinajstić information content (AvgIpc) is 3.13. The highest BCUT2D eigenvalue weighted by molar-refractivity contribution is 5.91. The van der Waals surface area contributed by atoms with Gasteiger partial charge in [0.05, 0.1) is 14.5 Å². The highest BCUT2D eigenvalue weighted by atomic mass is 16.5. The topological polar surface area (TPSA) is 62.4 Å². The van der Waals surface area contributed by atoms with E-state index in [2.05, 4.69) is 42.8 Å². The zero-order chi connectivity index (χ0) is 21.2. The van der Waals surface area contributed by atoms with Crippen LogP contribution in [0.25, 0.3) is 10.9 Å². The van der Waals surface area contributed by atoms with Crippen LogP contribution >= 0.6 is 0 Å². The molecule has 2 aliphatic heterocycles. The molecule has 0 amide bonds. The summed E-state index contributed by atoms with van der Waals surface area (Å²) >= 11 is 0. The fraction of sp³-hybridized carbons (Fsp3) is 0.522. The van der Waals surface area contributed by atoms with Gasteiger partial charge in [0.1, 0.15) is 5.75 Å². The number of fused-ring (bicyclic) bond motifs is 5. The smallest absolute Gasteiger partial charge is 0.373 e. The Morgan fingerprint density at radius 3 is 2.86 bits per heavy atom. The van der Waals surface area contributed by atoms with Gasteiger partial charge in [-0.05, 0) is 56.2 Å². The third-order valence-corrected chi connectivity index (χ3v) is 6.41. The number of hydrogen-bond donors (Lipinski definition) is 1. The minimum atomic E-state index is -0.668. The van der Waals surface area contributed by atoms with Crippen molar-refractivity contribution >= 4 is 17.1 Å². The average molecular weight is 384 g/mol. The summed E-state index contributed by atoms with van der Waals surface area (Å²) in [6.07, 6.45) is 5.52. The van der Waals surface area contributed by atoms with Gasteiger partial charge in [0.25, 0.3) is 0 Å². The molecular formula is C23H30N2O3. The molecule has 0 unspecified atom stereocenters. The van der Waals surface area contributed by atoms with Crippen LogP contribution in [0.4, 0.5) is 0 Å². The number of carbonyl (C=O) groups excluding carboxylic acids is 2. The number of benzene rings is 1. The quantitative estimate of drug-likeness (QED) is 0.793. The monoisotopic (exact) mass is 383 g/mol. The number of ether oxygens (including phenoxy) is 1. The number of nitrogens with zero attached hydrogens (tertiary/aromatic N) is 1. The van der Waals surface area contributed by atoms with Crippen molar-refractivity contribution in [1.82, 2.24) is 9.88 Å². The van der Waals surface area contributed by atoms with Crippen molar-refractivity contribution in [2.24, 2.45) is 11.8 Å². The molecule has 4 rings (SSSR count). The Balaban J connectivity index is 0.000000755. The van der Waals surface area contributed by atoms with Crippen molar-refractivity contribution in [3.8, 4) is 5.75 Å². The number of rotatable bonds is 3. The van der Waals surface area contributed by atoms with Crippen LogP contribution in [0.15, 0.2) is 29.8 Å². The molecule has 0 bridgehead atoms. The lowest BCUT2D eigenvalue weighted by Crippen LogP contribution is -2.46. The number of piperidine rings is 1. The number of nitrogens with one attached hydrogen (secondary N) is 1. The van der Waals surface area contributed by atoms with Gasteiger partial charge in [-0.15, -0.1) is 0 Å². The lowest BCUT2D eigenvalue weighted by Gasteiger charge is -2.46. The summed E-state index contributed by atoms with van der Waals surface area (Å²) in [4.78, 5) is 22.3. The second kappa shape index (κ2) is 8.76. The molecule has 2 aliphatic rings. The number of aromatic nitrogens is 1. The van der Waals surface area contributed by atoms with Gasteiger partial charge in [0.15, 0.2) is 0 Å². The van der Waals surface area contributed by atoms with E-state index in [1.54, 1.807) is 7.11 Å². The summed E-state index contributed by atoms with van der Waals surface area (Å²) in [6.45, 7) is 8.64. The Morgan fingerprint density at radius 2 is 2.21 bits per heavy atom. The molecule has 1 aromatic heterocycles. The van der Waals surface area contributed by atoms with E-state index < -0.39 is 6.02 Å². The number of hydrogen-bond acceptors (Lipinski definition) is 4. The van der Waals surface area contributed by atoms with E-state index in [-0.39, 0.29) is 6.15 Å². The molecule has 1 N–H and O–H groups in total. The van der Waals surface area contributed by atoms with Gasteiger partial charge in [0.2, 0.25) is 0 Å². The van der Waals surface area contributed by atoms with Crippen LogP contribution in [0.1, 0.15) is 52.3 Å². The van der Waals surface area contributed by atoms with Gasteiger partial charge >= 0.3 is 6.15 Å². The molecule has 1 aromatic carbocycles. The number of H-pyrrole nitrogens is 1. The second-order valence-electron chi connectivity index (χ2n) is 7.60. The third-order valence-electron chi connectivity index (χ3n) is 6.41. The Labute approximate surface area is 168 Å². The normalized spacial score (nSPS) is 27.7. The SMILES string of the molecule is O=C=O.[2H][C@@]12C[C@H](/C(C)=C\C)[C@H](CC)CN1CCc1c2[nH]c2cccc(OC)c12. The molecule has 150 valence electrons. The third kappa shape index (κ3) is 3.52. The Hall–Kier alpha value is -2.36. The minimum Gasteiger partial charge on any atom is -0.496 e. The zero-order valence-electron chi connectivity index (χ0n) is 18.2. The first-order valence-electron chi connectivity index (χ1n) is 10.5. The van der Waals surface area contributed by atoms with Crippen molar-refractivity contribution in [2.45, 2.75) is 46.1 Å². The van der Waals surface area contributed by atoms with Crippen LogP contribution in [0, 0.1) is 11.8 Å². The summed E-state index contributed by atoms with van der Waals surface area (Å²) in [7, 11) is 1.73. The number of methoxy groups -OCH3 is 1. The van der Waals surface area contributed by atoms with E-state index in [9.17, 15) is 1.37 Å². The lowest BCUT2D eigenvalue weighted by molar-refractivity contribution is -0.191. The summed E-state index contributed by atoms with van der Waals surface area (Å²) in [5, 5.41) is 1.17. The molecule has 0 radical (unpaired) electrons. The molecule has 0 saturated carbocycles. The first-order valence-corrected chi connectivity index (χ1v) is 10.00. The second-order valence-corrected chi connectivity index (χ2v) is 7.60. The number of aromatic amines is 1. The molecule has 1 fully saturated rings. The Bertz CT molecular complexity index is 945. The maximum atomic E-state index is 9.51. The first kappa shape index (κ1) is 19.0. The van der Waals surface area contributed by atoms with Crippen LogP contribution in [0.2, 0.25) is 0 Å². The molecule has 28 heavy (non-hydrogen) atoms. The summed E-state index contributed by atoms with van der Waals surface area (Å²) < 4.78 is 15.1. The van der Waals surface area contributed by atoms with E-state index in [1.807, 2.05) is 12.1 Å². The van der Waals surface area contributed by atoms with Crippen LogP contribution in [-0.4, -0.2) is 36.2 Å². The zero-order valence-corrected chi connectivity index (χ0v) is 17.2. The van der Waals surface area contributed by atoms with Crippen LogP contribution < -0.4 is 4.74 Å². The molecule has 5 nitrogen and oxygen atoms in total. The molecule has 0 spiro atoms. The van der Waals surface area contributed by atoms with Crippen LogP contribution in [0.3, 0.4) is 0 Å². The van der Waals surface area contributed by atoms with Crippen LogP contribution in [-0.2, 0) is 16.0 Å². The van der Waals surface area contributed by atoms with Gasteiger partial charge in [-0.2, -0.15) is 9.59 Å². The van der Waals surface area contributed by atoms with E-state index in [4.69, 9.17) is 14.3 Å². The standard InChI is InChI=1S/C22H30N2O.CO2/c1-5-14(3)17-12-19-22-16(10-11-24(19)13-15(17)6-2)21-18(23-22)8-7-9-20(21)25-4;2-1-3/h5,7-9,15,17,19,23H,6,10-13H2,1-4H3;/b14-5-;/t15-,17-,19+;/m1./s1/i19D;. The fourth-order valence-corrected chi connectivity index (χ4v) is 4.87. The Kier molecular flexibility index (Phi) is 5.94. The largest absolute Gasteiger partial charge is 0.496 e. The predicted octanol–water partition coefficient (Wildman–Crippen LogP) is 4.50. The summed E-state index contributed by atoms with van der Waals surface area (Å²) in [5.74, 6) is 2.05. The van der Waals surface area contributed by atoms with Gasteiger partial charge in [0, 0.05) is 29.7 Å². The van der Waals surface area contributed by atoms with E-state index in [0.29, 0.717) is 11.8 Å². The lowest BCUT2D eigenvalue weighted by atomic mass is 9.74. The maximum Gasteiger partial charge on any atom is 0.373 e. The number of allylic oxidation sites excluding steroid dienone is 2. The molecular weight excluding hydrogens is 352 g/mol. The van der Waals surface area contributed by atoms with E-state index >= 15 is 0 Å². The minimum absolute atomic E-state index is 0.250. The van der Waals surface area contributed by atoms with Gasteiger partial charge in [-0.1, -0.05) is 31.1 Å². The molecule has 1 saturated heterocycles. The van der Waals surface area contributed by atoms with Crippen molar-refractivity contribution in [2.75, 3.05) is 20.2 Å². The van der Waals surface area contributed by atoms with Crippen molar-refractivity contribution in [3.05, 3.63) is 41.1 Å². The highest BCUT2D eigenvalue weighted by Gasteiger charge is 2.40. The fourth-order valence-electron chi connectivity index (χ4n) is 4.87. The van der Waals surface area contributed by atoms with Gasteiger partial charge in [-0.25, -0.2) is 0 Å². The molecule has 3 heterocycles. The molecule has 2 aromatic rings. The maximum absolute atomic E-state index is 9.51. The van der Waals surface area contributed by atoms with Gasteiger partial charge in [-0.3, -0.25) is 4.90 Å². The Morgan fingerprint density at radius 1 is 1.46 bits per heavy atom. The highest BCUT2D eigenvalue weighted by Crippen LogP contribution is 2.46. The van der Waals surface area contributed by atoms with E-state index in [1.165, 1.54) is 22.9 Å². The first-order chi connectivity index (χ1) is 13.9. The predicted molar refractivity (Wildman–Crippen MR) is 109 cm³/mol. The van der Waals surface area contributed by atoms with Crippen LogP contribution in [0.5, 0.6) is 5.75 Å². The van der Waals surface area contributed by atoms with Crippen molar-refractivity contribution < 1.29 is 15.7 Å².